The molecule has 6 aromatic rings. The van der Waals surface area contributed by atoms with Crippen molar-refractivity contribution in [3.05, 3.63) is 208 Å². The van der Waals surface area contributed by atoms with Gasteiger partial charge in [-0.2, -0.15) is 0 Å². The van der Waals surface area contributed by atoms with E-state index < -0.39 is 18.8 Å². The third-order valence-electron chi connectivity index (χ3n) is 9.97. The first-order valence-corrected chi connectivity index (χ1v) is 21.0. The molecule has 0 radical (unpaired) electrons. The van der Waals surface area contributed by atoms with Gasteiger partial charge in [-0.1, -0.05) is 112 Å². The minimum atomic E-state index is -1.64. The maximum atomic E-state index is 14.7. The summed E-state index contributed by atoms with van der Waals surface area (Å²) < 4.78 is 66.4. The fourth-order valence-corrected chi connectivity index (χ4v) is 6.89. The fourth-order valence-electron chi connectivity index (χ4n) is 6.48. The van der Waals surface area contributed by atoms with Gasteiger partial charge in [-0.05, 0) is 133 Å². The van der Waals surface area contributed by atoms with Crippen molar-refractivity contribution in [1.82, 2.24) is 0 Å². The summed E-state index contributed by atoms with van der Waals surface area (Å²) in [4.78, 5) is 0. The Labute approximate surface area is 366 Å². The van der Waals surface area contributed by atoms with E-state index >= 15 is 0 Å². The summed E-state index contributed by atoms with van der Waals surface area (Å²) in [5.41, 5.74) is 2.74. The standard InChI is InChI=1S/C24H19ClF2O.C12H10BFO3.C12H11BrClF/c25-19-9-7-18(8-10-19)24(12-13-24)16-20(26)14-17-6-11-22(27)23(15-17)28-21-4-2-1-3-5-21;14-11-7-6-9(13(15)16)8-12(11)17-10-4-2-1-3-5-10;13-8-11(15)7-12(5-6-12)9-1-3-10(14)4-2-9/h1-11,15-16H,12-14H2;1-8,15-16H;1-4,7H,5-6,8H2/b20-16-;;11-7-. The lowest BCUT2D eigenvalue weighted by molar-refractivity contribution is 0.423. The summed E-state index contributed by atoms with van der Waals surface area (Å²) in [7, 11) is -1.64. The molecular weight excluding hydrogens is 878 g/mol. The summed E-state index contributed by atoms with van der Waals surface area (Å²) in [6, 6.07) is 41.0. The highest BCUT2D eigenvalue weighted by Crippen LogP contribution is 2.51. The van der Waals surface area contributed by atoms with Crippen LogP contribution in [-0.4, -0.2) is 22.5 Å². The van der Waals surface area contributed by atoms with Crippen LogP contribution >= 0.6 is 39.1 Å². The molecule has 0 saturated heterocycles. The molecule has 6 aromatic carbocycles. The van der Waals surface area contributed by atoms with Crippen LogP contribution in [0.15, 0.2) is 169 Å². The van der Waals surface area contributed by atoms with Gasteiger partial charge in [-0.25, -0.2) is 17.6 Å². The molecule has 60 heavy (non-hydrogen) atoms. The van der Waals surface area contributed by atoms with Crippen molar-refractivity contribution in [2.45, 2.75) is 42.9 Å². The molecule has 0 amide bonds. The zero-order valence-corrected chi connectivity index (χ0v) is 35.3. The molecule has 0 bridgehead atoms. The quantitative estimate of drug-likeness (QED) is 0.0729. The lowest BCUT2D eigenvalue weighted by atomic mass is 9.80. The van der Waals surface area contributed by atoms with Gasteiger partial charge in [0.05, 0.1) is 5.33 Å². The third kappa shape index (κ3) is 12.6. The number of hydrogen-bond acceptors (Lipinski definition) is 4. The maximum absolute atomic E-state index is 14.7. The van der Waals surface area contributed by atoms with Crippen LogP contribution in [0.5, 0.6) is 23.0 Å². The van der Waals surface area contributed by atoms with Gasteiger partial charge in [0.2, 0.25) is 0 Å². The summed E-state index contributed by atoms with van der Waals surface area (Å²) in [6.07, 6.45) is 7.38. The van der Waals surface area contributed by atoms with E-state index in [1.807, 2.05) is 72.8 Å². The highest BCUT2D eigenvalue weighted by molar-refractivity contribution is 9.09. The van der Waals surface area contributed by atoms with Crippen molar-refractivity contribution in [1.29, 1.82) is 0 Å². The smallest absolute Gasteiger partial charge is 0.454 e. The summed E-state index contributed by atoms with van der Waals surface area (Å²) in [6.45, 7) is 0. The molecule has 2 aliphatic rings. The third-order valence-corrected chi connectivity index (χ3v) is 11.0. The van der Waals surface area contributed by atoms with Crippen molar-refractivity contribution in [3.8, 4) is 23.0 Å². The molecule has 0 aliphatic heterocycles. The van der Waals surface area contributed by atoms with Crippen molar-refractivity contribution in [2.75, 3.05) is 5.33 Å². The van der Waals surface area contributed by atoms with E-state index in [9.17, 15) is 17.6 Å². The van der Waals surface area contributed by atoms with Crippen LogP contribution in [-0.2, 0) is 17.3 Å². The Morgan fingerprint density at radius 1 is 0.600 bits per heavy atom. The molecule has 0 heterocycles. The van der Waals surface area contributed by atoms with Gasteiger partial charge < -0.3 is 19.5 Å². The lowest BCUT2D eigenvalue weighted by Gasteiger charge is -2.12. The largest absolute Gasteiger partial charge is 0.488 e. The normalized spacial score (nSPS) is 14.8. The fraction of sp³-hybridized carbons (Fsp3) is 0.167. The second kappa shape index (κ2) is 20.6. The van der Waals surface area contributed by atoms with Crippen LogP contribution < -0.4 is 14.9 Å². The molecule has 0 spiro atoms. The number of alkyl halides is 1. The number of ether oxygens (including phenoxy) is 2. The van der Waals surface area contributed by atoms with Crippen LogP contribution in [0.4, 0.5) is 17.6 Å². The number of rotatable bonds is 12. The highest BCUT2D eigenvalue weighted by Gasteiger charge is 2.43. The summed E-state index contributed by atoms with van der Waals surface area (Å²) in [5, 5.41) is 19.6. The molecule has 2 aliphatic carbocycles. The first-order chi connectivity index (χ1) is 28.9. The van der Waals surface area contributed by atoms with Gasteiger partial charge in [0, 0.05) is 27.3 Å². The number of para-hydroxylation sites is 2. The molecule has 0 atom stereocenters. The zero-order chi connectivity index (χ0) is 42.7. The first kappa shape index (κ1) is 44.7. The Kier molecular flexibility index (Phi) is 15.4. The topological polar surface area (TPSA) is 58.9 Å². The average molecular weight is 918 g/mol. The number of benzene rings is 6. The van der Waals surface area contributed by atoms with Gasteiger partial charge in [-0.3, -0.25) is 0 Å². The Morgan fingerprint density at radius 2 is 1.03 bits per heavy atom. The molecule has 0 aromatic heterocycles. The zero-order valence-electron chi connectivity index (χ0n) is 32.2. The Hall–Kier alpha value is -4.84. The SMILES string of the molecule is F/C(=C\C1(c2ccc(Cl)cc2)CC1)CBr.F/C(=C\C1(c2ccc(Cl)cc2)CC1)Cc1ccc(F)c(Oc2ccccc2)c1.OB(O)c1ccc(F)c(Oc2ccccc2)c1. The van der Waals surface area contributed by atoms with Gasteiger partial charge in [0.1, 0.15) is 23.2 Å². The van der Waals surface area contributed by atoms with Crippen molar-refractivity contribution in [2.24, 2.45) is 0 Å². The molecular formula is C48H40BBrCl2F4O4. The maximum Gasteiger partial charge on any atom is 0.488 e. The van der Waals surface area contributed by atoms with E-state index in [1.54, 1.807) is 60.7 Å². The Bertz CT molecular complexity index is 2390. The van der Waals surface area contributed by atoms with Crippen LogP contribution in [0.3, 0.4) is 0 Å². The molecule has 4 nitrogen and oxygen atoms in total. The summed E-state index contributed by atoms with van der Waals surface area (Å²) in [5.74, 6) is -0.287. The van der Waals surface area contributed by atoms with Crippen LogP contribution in [0, 0.1) is 11.6 Å². The lowest BCUT2D eigenvalue weighted by Crippen LogP contribution is -2.29. The minimum absolute atomic E-state index is 0.0400. The van der Waals surface area contributed by atoms with E-state index in [0.717, 1.165) is 47.9 Å². The van der Waals surface area contributed by atoms with Crippen LogP contribution in [0.25, 0.3) is 0 Å². The predicted molar refractivity (Wildman–Crippen MR) is 236 cm³/mol. The number of allylic oxidation sites excluding steroid dienone is 4. The second-order valence-electron chi connectivity index (χ2n) is 14.5. The molecule has 308 valence electrons. The highest BCUT2D eigenvalue weighted by atomic mass is 79.9. The molecule has 12 heteroatoms. The molecule has 2 saturated carbocycles. The van der Waals surface area contributed by atoms with E-state index in [-0.39, 0.29) is 45.9 Å². The van der Waals surface area contributed by atoms with E-state index in [2.05, 4.69) is 15.9 Å². The van der Waals surface area contributed by atoms with Gasteiger partial charge in [0.15, 0.2) is 23.1 Å². The van der Waals surface area contributed by atoms with Crippen molar-refractivity contribution in [3.63, 3.8) is 0 Å². The van der Waals surface area contributed by atoms with Gasteiger partial charge in [-0.15, -0.1) is 0 Å². The first-order valence-electron chi connectivity index (χ1n) is 19.1. The number of halogens is 7. The monoisotopic (exact) mass is 916 g/mol. The Morgan fingerprint density at radius 3 is 1.47 bits per heavy atom. The Balaban J connectivity index is 0.000000162. The van der Waals surface area contributed by atoms with Crippen molar-refractivity contribution >= 4 is 51.7 Å². The van der Waals surface area contributed by atoms with Crippen LogP contribution in [0.1, 0.15) is 42.4 Å². The van der Waals surface area contributed by atoms with E-state index in [1.165, 1.54) is 18.2 Å². The van der Waals surface area contributed by atoms with Gasteiger partial charge >= 0.3 is 7.12 Å². The predicted octanol–water partition coefficient (Wildman–Crippen LogP) is 13.3. The molecule has 2 N–H and O–H groups in total. The van der Waals surface area contributed by atoms with Crippen molar-refractivity contribution < 1.29 is 37.1 Å². The van der Waals surface area contributed by atoms with Gasteiger partial charge in [0.25, 0.3) is 0 Å². The summed E-state index contributed by atoms with van der Waals surface area (Å²) >= 11 is 14.9. The number of hydrogen-bond donors (Lipinski definition) is 2. The molecule has 2 fully saturated rings. The van der Waals surface area contributed by atoms with E-state index in [4.69, 9.17) is 42.7 Å². The molecule has 0 unspecified atom stereocenters. The van der Waals surface area contributed by atoms with Crippen LogP contribution in [0.2, 0.25) is 10.0 Å². The average Bonchev–Trinajstić information content (AvgIpc) is 4.19. The molecule has 8 rings (SSSR count). The minimum Gasteiger partial charge on any atom is -0.454 e. The van der Waals surface area contributed by atoms with E-state index in [0.29, 0.717) is 27.4 Å². The second-order valence-corrected chi connectivity index (χ2v) is 15.9.